The minimum absolute atomic E-state index is 0.00665. The van der Waals surface area contributed by atoms with E-state index in [1.165, 1.54) is 0 Å². The van der Waals surface area contributed by atoms with Crippen LogP contribution in [0.1, 0.15) is 100 Å². The molecule has 3 saturated carbocycles. The fourth-order valence-electron chi connectivity index (χ4n) is 9.14. The van der Waals surface area contributed by atoms with E-state index >= 15 is 0 Å². The van der Waals surface area contributed by atoms with Crippen LogP contribution in [-0.2, 0) is 14.4 Å². The van der Waals surface area contributed by atoms with Crippen LogP contribution >= 0.6 is 0 Å². The Bertz CT molecular complexity index is 948. The van der Waals surface area contributed by atoms with Gasteiger partial charge in [0, 0.05) is 24.2 Å². The van der Waals surface area contributed by atoms with Crippen LogP contribution in [0.4, 0.5) is 0 Å². The van der Waals surface area contributed by atoms with Crippen LogP contribution in [0.3, 0.4) is 0 Å². The maximum absolute atomic E-state index is 13.9. The molecular weight excluding hydrogens is 408 g/mol. The Morgan fingerprint density at radius 1 is 1.03 bits per heavy atom. The van der Waals surface area contributed by atoms with E-state index in [2.05, 4.69) is 27.7 Å². The number of allylic oxidation sites excluding steroid dienone is 4. The molecule has 0 spiro atoms. The molecule has 7 atom stereocenters. The van der Waals surface area contributed by atoms with E-state index in [1.54, 1.807) is 6.08 Å². The number of rotatable bonds is 4. The number of hydrogen-bond donors (Lipinski definition) is 0. The van der Waals surface area contributed by atoms with Gasteiger partial charge in [-0.05, 0) is 112 Å². The van der Waals surface area contributed by atoms with Crippen molar-refractivity contribution in [3.8, 4) is 0 Å². The summed E-state index contributed by atoms with van der Waals surface area (Å²) in [7, 11) is 0. The first-order valence-corrected chi connectivity index (χ1v) is 13.2. The first-order chi connectivity index (χ1) is 15.2. The van der Waals surface area contributed by atoms with Crippen LogP contribution in [0.5, 0.6) is 0 Å². The van der Waals surface area contributed by atoms with E-state index in [-0.39, 0.29) is 39.5 Å². The van der Waals surface area contributed by atoms with Gasteiger partial charge in [0.05, 0.1) is 0 Å². The van der Waals surface area contributed by atoms with Gasteiger partial charge < -0.3 is 0 Å². The van der Waals surface area contributed by atoms with Gasteiger partial charge in [0.25, 0.3) is 0 Å². The summed E-state index contributed by atoms with van der Waals surface area (Å²) in [5, 5.41) is 0. The lowest BCUT2D eigenvalue weighted by atomic mass is 9.39. The summed E-state index contributed by atoms with van der Waals surface area (Å²) in [6, 6.07) is 0. The number of hydrogen-bond acceptors (Lipinski definition) is 3. The molecule has 3 heteroatoms. The monoisotopic (exact) mass is 452 g/mol. The van der Waals surface area contributed by atoms with Crippen molar-refractivity contribution < 1.29 is 14.4 Å². The molecule has 3 fully saturated rings. The molecule has 33 heavy (non-hydrogen) atoms. The zero-order chi connectivity index (χ0) is 24.6. The van der Waals surface area contributed by atoms with Crippen LogP contribution < -0.4 is 0 Å². The Morgan fingerprint density at radius 3 is 2.33 bits per heavy atom. The van der Waals surface area contributed by atoms with E-state index < -0.39 is 5.41 Å². The SMILES string of the molecule is CC(C)=CC(=O)C[C@@H](C)[C@H]1CC[C@@]2(C)[C@@H]3C(=O)C=C4C(CCC(=O)C4(C)C)[C@]3(C)CC[C@]12C. The maximum atomic E-state index is 13.9. The third kappa shape index (κ3) is 3.39. The third-order valence-electron chi connectivity index (χ3n) is 11.1. The Labute approximate surface area is 200 Å². The Morgan fingerprint density at radius 2 is 1.70 bits per heavy atom. The molecule has 0 saturated heterocycles. The first kappa shape index (κ1) is 24.6. The van der Waals surface area contributed by atoms with E-state index in [9.17, 15) is 14.4 Å². The second kappa shape index (κ2) is 7.75. The average molecular weight is 453 g/mol. The summed E-state index contributed by atoms with van der Waals surface area (Å²) in [6.07, 6.45) is 10.1. The molecule has 0 radical (unpaired) electrons. The maximum Gasteiger partial charge on any atom is 0.159 e. The highest BCUT2D eigenvalue weighted by molar-refractivity contribution is 5.98. The molecule has 3 nitrogen and oxygen atoms in total. The Hall–Kier alpha value is -1.51. The van der Waals surface area contributed by atoms with Crippen molar-refractivity contribution in [3.05, 3.63) is 23.3 Å². The summed E-state index contributed by atoms with van der Waals surface area (Å²) in [5.41, 5.74) is 1.55. The number of Topliss-reactive ketones (excluding diaryl/α,β-unsaturated/α-hetero) is 1. The summed E-state index contributed by atoms with van der Waals surface area (Å²) < 4.78 is 0. The van der Waals surface area contributed by atoms with Crippen molar-refractivity contribution in [2.75, 3.05) is 0 Å². The standard InChI is InChI=1S/C30H44O3/c1-18(2)15-20(31)16-19(3)21-11-12-30(8)26-24(32)17-23-22(9-10-25(33)27(23,4)5)28(26,6)13-14-29(21,30)7/h15,17,19,21-22,26H,9-14,16H2,1-8H3/t19-,21-,22?,26-,28+,29-,30+/m1/s1. The van der Waals surface area contributed by atoms with Crippen molar-refractivity contribution >= 4 is 17.3 Å². The average Bonchev–Trinajstić information content (AvgIpc) is 2.96. The summed E-state index contributed by atoms with van der Waals surface area (Å²) in [4.78, 5) is 39.2. The van der Waals surface area contributed by atoms with Gasteiger partial charge in [0.15, 0.2) is 11.6 Å². The Kier molecular flexibility index (Phi) is 5.78. The fourth-order valence-corrected chi connectivity index (χ4v) is 9.14. The smallest absolute Gasteiger partial charge is 0.159 e. The normalized spacial score (nSPS) is 42.5. The van der Waals surface area contributed by atoms with Crippen LogP contribution in [0, 0.1) is 45.3 Å². The lowest BCUT2D eigenvalue weighted by Crippen LogP contribution is -2.61. The highest BCUT2D eigenvalue weighted by atomic mass is 16.1. The molecule has 182 valence electrons. The minimum atomic E-state index is -0.522. The molecule has 0 aromatic heterocycles. The van der Waals surface area contributed by atoms with Crippen molar-refractivity contribution in [2.24, 2.45) is 45.3 Å². The highest BCUT2D eigenvalue weighted by Gasteiger charge is 2.69. The van der Waals surface area contributed by atoms with E-state index in [4.69, 9.17) is 0 Å². The van der Waals surface area contributed by atoms with Crippen molar-refractivity contribution in [1.29, 1.82) is 0 Å². The molecule has 0 aliphatic heterocycles. The second-order valence-electron chi connectivity index (χ2n) is 13.4. The zero-order valence-corrected chi connectivity index (χ0v) is 22.1. The van der Waals surface area contributed by atoms with Gasteiger partial charge in [-0.2, -0.15) is 0 Å². The molecule has 0 bridgehead atoms. The quantitative estimate of drug-likeness (QED) is 0.436. The van der Waals surface area contributed by atoms with Gasteiger partial charge in [-0.15, -0.1) is 0 Å². The van der Waals surface area contributed by atoms with E-state index in [0.29, 0.717) is 30.6 Å². The molecule has 0 heterocycles. The zero-order valence-electron chi connectivity index (χ0n) is 22.1. The van der Waals surface area contributed by atoms with Crippen LogP contribution in [0.15, 0.2) is 23.3 Å². The van der Waals surface area contributed by atoms with Gasteiger partial charge in [-0.25, -0.2) is 0 Å². The van der Waals surface area contributed by atoms with Crippen molar-refractivity contribution in [2.45, 2.75) is 100 Å². The molecule has 0 aromatic carbocycles. The lowest BCUT2D eigenvalue weighted by Gasteiger charge is -2.64. The number of carbonyl (C=O) groups excluding carboxylic acids is 3. The molecule has 0 amide bonds. The molecule has 4 aliphatic carbocycles. The molecule has 0 N–H and O–H groups in total. The van der Waals surface area contributed by atoms with E-state index in [1.807, 2.05) is 33.8 Å². The highest BCUT2D eigenvalue weighted by Crippen LogP contribution is 2.74. The van der Waals surface area contributed by atoms with E-state index in [0.717, 1.165) is 43.3 Å². The largest absolute Gasteiger partial charge is 0.299 e. The first-order valence-electron chi connectivity index (χ1n) is 13.2. The van der Waals surface area contributed by atoms with Crippen LogP contribution in [0.2, 0.25) is 0 Å². The molecular formula is C30H44O3. The van der Waals surface area contributed by atoms with Gasteiger partial charge >= 0.3 is 0 Å². The van der Waals surface area contributed by atoms with Gasteiger partial charge in [0.1, 0.15) is 5.78 Å². The van der Waals surface area contributed by atoms with Gasteiger partial charge in [0.2, 0.25) is 0 Å². The predicted molar refractivity (Wildman–Crippen MR) is 133 cm³/mol. The molecule has 1 unspecified atom stereocenters. The van der Waals surface area contributed by atoms with Crippen LogP contribution in [-0.4, -0.2) is 17.3 Å². The lowest BCUT2D eigenvalue weighted by molar-refractivity contribution is -0.163. The van der Waals surface area contributed by atoms with Gasteiger partial charge in [-0.1, -0.05) is 33.3 Å². The Balaban J connectivity index is 1.70. The topological polar surface area (TPSA) is 51.2 Å². The molecule has 0 aromatic rings. The van der Waals surface area contributed by atoms with Gasteiger partial charge in [-0.3, -0.25) is 14.4 Å². The fraction of sp³-hybridized carbons (Fsp3) is 0.767. The molecule has 4 rings (SSSR count). The summed E-state index contributed by atoms with van der Waals surface area (Å²) in [5.74, 6) is 1.88. The molecule has 4 aliphatic rings. The van der Waals surface area contributed by atoms with Crippen LogP contribution in [0.25, 0.3) is 0 Å². The number of fused-ring (bicyclic) bond motifs is 5. The number of carbonyl (C=O) groups is 3. The summed E-state index contributed by atoms with van der Waals surface area (Å²) in [6.45, 7) is 17.4. The number of ketones is 3. The second-order valence-corrected chi connectivity index (χ2v) is 13.4. The summed E-state index contributed by atoms with van der Waals surface area (Å²) >= 11 is 0. The van der Waals surface area contributed by atoms with Crippen molar-refractivity contribution in [1.82, 2.24) is 0 Å². The predicted octanol–water partition coefficient (Wildman–Crippen LogP) is 6.90. The van der Waals surface area contributed by atoms with Crippen molar-refractivity contribution in [3.63, 3.8) is 0 Å². The minimum Gasteiger partial charge on any atom is -0.299 e. The third-order valence-corrected chi connectivity index (χ3v) is 11.1.